The summed E-state index contributed by atoms with van der Waals surface area (Å²) in [6.07, 6.45) is 8.47. The molecule has 1 saturated heterocycles. The van der Waals surface area contributed by atoms with Gasteiger partial charge in [0.15, 0.2) is 0 Å². The molecule has 4 rings (SSSR count). The second-order valence-electron chi connectivity index (χ2n) is 7.19. The maximum atomic E-state index is 11.9. The van der Waals surface area contributed by atoms with E-state index in [4.69, 9.17) is 4.74 Å². The van der Waals surface area contributed by atoms with Gasteiger partial charge in [0.2, 0.25) is 5.91 Å². The Bertz CT molecular complexity index is 1090. The summed E-state index contributed by atoms with van der Waals surface area (Å²) in [5.41, 5.74) is 2.00. The minimum absolute atomic E-state index is 0.153. The Morgan fingerprint density at radius 3 is 2.69 bits per heavy atom. The molecule has 1 amide bonds. The van der Waals surface area contributed by atoms with E-state index in [9.17, 15) is 9.70 Å². The lowest BCUT2D eigenvalue weighted by molar-refractivity contribution is -0.125. The maximum Gasteiger partial charge on any atom is 0.246 e. The minimum atomic E-state index is -0.227. The van der Waals surface area contributed by atoms with Crippen molar-refractivity contribution in [3.05, 3.63) is 84.8 Å². The van der Waals surface area contributed by atoms with E-state index in [1.165, 1.54) is 11.1 Å². The summed E-state index contributed by atoms with van der Waals surface area (Å²) in [5, 5.41) is 7.93. The van der Waals surface area contributed by atoms with Crippen LogP contribution in [-0.4, -0.2) is 39.9 Å². The van der Waals surface area contributed by atoms with Crippen LogP contribution in [-0.2, 0) is 4.79 Å². The standard InChI is InChI=1S/C23H22N6O3/c1-2-23(30)28-13-10-18(16-28)29(27-31)22-9-12-25-15-21(22)26-17-5-7-19(8-6-17)32-20-4-3-11-24-14-20/h2-9,11-12,14-15,18,26H,1,10,13,16H2. The number of hydrogen-bond acceptors (Lipinski definition) is 7. The molecule has 1 N–H and O–H groups in total. The normalized spacial score (nSPS) is 15.1. The van der Waals surface area contributed by atoms with Gasteiger partial charge in [-0.2, -0.15) is 0 Å². The zero-order valence-electron chi connectivity index (χ0n) is 17.3. The number of aromatic nitrogens is 2. The van der Waals surface area contributed by atoms with Crippen LogP contribution in [0.15, 0.2) is 85.2 Å². The van der Waals surface area contributed by atoms with E-state index in [1.807, 2.05) is 30.3 Å². The average molecular weight is 430 g/mol. The van der Waals surface area contributed by atoms with Crippen molar-refractivity contribution in [2.45, 2.75) is 12.5 Å². The number of likely N-dealkylation sites (tertiary alicyclic amines) is 1. The van der Waals surface area contributed by atoms with Gasteiger partial charge >= 0.3 is 0 Å². The third-order valence-electron chi connectivity index (χ3n) is 5.13. The zero-order valence-corrected chi connectivity index (χ0v) is 17.3. The van der Waals surface area contributed by atoms with Crippen LogP contribution in [0.2, 0.25) is 0 Å². The highest BCUT2D eigenvalue weighted by Gasteiger charge is 2.31. The first-order valence-corrected chi connectivity index (χ1v) is 10.1. The Morgan fingerprint density at radius 1 is 1.16 bits per heavy atom. The van der Waals surface area contributed by atoms with Gasteiger partial charge in [-0.05, 0) is 55.0 Å². The minimum Gasteiger partial charge on any atom is -0.456 e. The Balaban J connectivity index is 1.49. The number of pyridine rings is 2. The third-order valence-corrected chi connectivity index (χ3v) is 5.13. The number of benzene rings is 1. The van der Waals surface area contributed by atoms with Gasteiger partial charge in [0.25, 0.3) is 0 Å². The molecule has 162 valence electrons. The van der Waals surface area contributed by atoms with Crippen LogP contribution in [0.25, 0.3) is 0 Å². The smallest absolute Gasteiger partial charge is 0.246 e. The lowest BCUT2D eigenvalue weighted by Crippen LogP contribution is -2.35. The van der Waals surface area contributed by atoms with Gasteiger partial charge in [0, 0.05) is 31.2 Å². The van der Waals surface area contributed by atoms with Crippen molar-refractivity contribution >= 4 is 23.0 Å². The monoisotopic (exact) mass is 430 g/mol. The molecule has 1 fully saturated rings. The summed E-state index contributed by atoms with van der Waals surface area (Å²) in [6, 6.07) is 12.5. The van der Waals surface area contributed by atoms with Crippen LogP contribution in [0, 0.1) is 4.91 Å². The van der Waals surface area contributed by atoms with Gasteiger partial charge in [-0.1, -0.05) is 6.58 Å². The van der Waals surface area contributed by atoms with E-state index in [0.29, 0.717) is 42.4 Å². The van der Waals surface area contributed by atoms with Gasteiger partial charge < -0.3 is 15.0 Å². The quantitative estimate of drug-likeness (QED) is 0.323. The Hall–Kier alpha value is -4.27. The highest BCUT2D eigenvalue weighted by atomic mass is 16.5. The lowest BCUT2D eigenvalue weighted by atomic mass is 10.2. The van der Waals surface area contributed by atoms with Gasteiger partial charge in [0.05, 0.1) is 35.1 Å². The fourth-order valence-corrected chi connectivity index (χ4v) is 3.57. The molecule has 3 heterocycles. The van der Waals surface area contributed by atoms with E-state index in [2.05, 4.69) is 27.1 Å². The third kappa shape index (κ3) is 4.72. The van der Waals surface area contributed by atoms with Crippen LogP contribution < -0.4 is 15.1 Å². The van der Waals surface area contributed by atoms with Crippen molar-refractivity contribution in [3.8, 4) is 11.5 Å². The zero-order chi connectivity index (χ0) is 22.3. The molecule has 9 nitrogen and oxygen atoms in total. The molecule has 9 heteroatoms. The summed E-state index contributed by atoms with van der Waals surface area (Å²) in [6.45, 7) is 4.47. The van der Waals surface area contributed by atoms with Crippen LogP contribution >= 0.6 is 0 Å². The van der Waals surface area contributed by atoms with E-state index in [0.717, 1.165) is 5.69 Å². The SMILES string of the molecule is C=CC(=O)N1CCC(N(N=O)c2ccncc2Nc2ccc(Oc3cccnc3)cc2)C1. The summed E-state index contributed by atoms with van der Waals surface area (Å²) >= 11 is 0. The Labute approximate surface area is 185 Å². The van der Waals surface area contributed by atoms with Crippen molar-refractivity contribution < 1.29 is 9.53 Å². The van der Waals surface area contributed by atoms with E-state index in [1.54, 1.807) is 41.8 Å². The molecule has 0 aliphatic carbocycles. The summed E-state index contributed by atoms with van der Waals surface area (Å²) in [5.74, 6) is 1.17. The van der Waals surface area contributed by atoms with Crippen molar-refractivity contribution in [2.75, 3.05) is 23.4 Å². The first-order valence-electron chi connectivity index (χ1n) is 10.1. The molecule has 3 aromatic rings. The predicted octanol–water partition coefficient (Wildman–Crippen LogP) is 4.29. The van der Waals surface area contributed by atoms with Crippen LogP contribution in [0.5, 0.6) is 11.5 Å². The highest BCUT2D eigenvalue weighted by molar-refractivity contribution is 5.87. The van der Waals surface area contributed by atoms with Gasteiger partial charge in [0.1, 0.15) is 11.5 Å². The van der Waals surface area contributed by atoms with Crippen LogP contribution in [0.1, 0.15) is 6.42 Å². The number of anilines is 3. The molecule has 1 unspecified atom stereocenters. The largest absolute Gasteiger partial charge is 0.456 e. The van der Waals surface area contributed by atoms with Crippen LogP contribution in [0.3, 0.4) is 0 Å². The van der Waals surface area contributed by atoms with Gasteiger partial charge in [-0.15, -0.1) is 4.91 Å². The lowest BCUT2D eigenvalue weighted by Gasteiger charge is -2.25. The number of carbonyl (C=O) groups is 1. The number of carbonyl (C=O) groups excluding carboxylic acids is 1. The van der Waals surface area contributed by atoms with Gasteiger partial charge in [-0.3, -0.25) is 14.8 Å². The van der Waals surface area contributed by atoms with E-state index < -0.39 is 0 Å². The number of nitroso groups, excluding NO2 is 1. The fourth-order valence-electron chi connectivity index (χ4n) is 3.57. The highest BCUT2D eigenvalue weighted by Crippen LogP contribution is 2.32. The number of rotatable bonds is 8. The molecule has 1 atom stereocenters. The second kappa shape index (κ2) is 9.69. The van der Waals surface area contributed by atoms with Crippen molar-refractivity contribution in [1.29, 1.82) is 0 Å². The molecule has 2 aromatic heterocycles. The van der Waals surface area contributed by atoms with Crippen molar-refractivity contribution in [3.63, 3.8) is 0 Å². The number of hydrogen-bond donors (Lipinski definition) is 1. The molecule has 0 saturated carbocycles. The number of ether oxygens (including phenoxy) is 1. The molecule has 1 aromatic carbocycles. The number of nitrogens with one attached hydrogen (secondary N) is 1. The number of nitrogens with zero attached hydrogens (tertiary/aromatic N) is 5. The molecule has 1 aliphatic heterocycles. The summed E-state index contributed by atoms with van der Waals surface area (Å²) in [4.78, 5) is 33.5. The fraction of sp³-hybridized carbons (Fsp3) is 0.174. The molecule has 0 spiro atoms. The number of amides is 1. The summed E-state index contributed by atoms with van der Waals surface area (Å²) < 4.78 is 5.76. The molecular formula is C23H22N6O3. The first kappa shape index (κ1) is 21.0. The topological polar surface area (TPSA) is 100 Å². The Kier molecular flexibility index (Phi) is 6.35. The average Bonchev–Trinajstić information content (AvgIpc) is 3.32. The van der Waals surface area contributed by atoms with Gasteiger partial charge in [-0.25, -0.2) is 5.01 Å². The molecule has 0 radical (unpaired) electrons. The summed E-state index contributed by atoms with van der Waals surface area (Å²) in [7, 11) is 0. The molecule has 0 bridgehead atoms. The maximum absolute atomic E-state index is 11.9. The predicted molar refractivity (Wildman–Crippen MR) is 122 cm³/mol. The molecule has 1 aliphatic rings. The van der Waals surface area contributed by atoms with Crippen LogP contribution in [0.4, 0.5) is 17.1 Å². The Morgan fingerprint density at radius 2 is 1.97 bits per heavy atom. The first-order chi connectivity index (χ1) is 15.7. The van der Waals surface area contributed by atoms with E-state index in [-0.39, 0.29) is 11.9 Å². The van der Waals surface area contributed by atoms with E-state index >= 15 is 0 Å². The van der Waals surface area contributed by atoms with Crippen molar-refractivity contribution in [1.82, 2.24) is 14.9 Å². The van der Waals surface area contributed by atoms with Crippen molar-refractivity contribution in [2.24, 2.45) is 5.29 Å². The molecular weight excluding hydrogens is 408 g/mol. The second-order valence-corrected chi connectivity index (χ2v) is 7.19. The molecule has 32 heavy (non-hydrogen) atoms.